The molecule has 1 N–H and O–H groups in total. The van der Waals surface area contributed by atoms with Gasteiger partial charge in [-0.2, -0.15) is 0 Å². The van der Waals surface area contributed by atoms with Crippen molar-refractivity contribution in [3.05, 3.63) is 33.8 Å². The molecule has 1 aromatic rings. The average molecular weight is 413 g/mol. The standard InChI is InChI=1S/C20H26Cl2N2O3/c1-3-10-23-18(25)17-12-27-20(8-6-13(2)7-9-20)24(17)19(26)14-4-5-15(21)16(22)11-14/h4-5,11,13,17H,3,6-10,12H2,1-2H3,(H,23,25)/t13?,17-,20?/m0/s1. The zero-order chi connectivity index (χ0) is 19.6. The summed E-state index contributed by atoms with van der Waals surface area (Å²) >= 11 is 12.1. The second-order valence-corrected chi connectivity index (χ2v) is 8.36. The van der Waals surface area contributed by atoms with Gasteiger partial charge in [0, 0.05) is 12.1 Å². The molecular formula is C20H26Cl2N2O3. The van der Waals surface area contributed by atoms with E-state index in [0.29, 0.717) is 28.1 Å². The van der Waals surface area contributed by atoms with Crippen molar-refractivity contribution in [2.45, 2.75) is 57.7 Å². The summed E-state index contributed by atoms with van der Waals surface area (Å²) in [5.74, 6) is 0.187. The third kappa shape index (κ3) is 4.10. The van der Waals surface area contributed by atoms with Crippen LogP contribution in [0, 0.1) is 5.92 Å². The normalized spacial score (nSPS) is 27.8. The van der Waals surface area contributed by atoms with E-state index in [1.807, 2.05) is 6.92 Å². The Labute approximate surface area is 170 Å². The number of benzene rings is 1. The molecular weight excluding hydrogens is 387 g/mol. The first kappa shape index (κ1) is 20.4. The molecule has 1 saturated heterocycles. The Bertz CT molecular complexity index is 717. The topological polar surface area (TPSA) is 58.6 Å². The minimum atomic E-state index is -0.718. The number of hydrogen-bond acceptors (Lipinski definition) is 3. The van der Waals surface area contributed by atoms with Crippen LogP contribution in [0.3, 0.4) is 0 Å². The third-order valence-electron chi connectivity index (χ3n) is 5.55. The van der Waals surface area contributed by atoms with Gasteiger partial charge in [-0.05, 0) is 56.2 Å². The zero-order valence-electron chi connectivity index (χ0n) is 15.8. The fourth-order valence-electron chi connectivity index (χ4n) is 3.91. The van der Waals surface area contributed by atoms with Crippen LogP contribution >= 0.6 is 23.2 Å². The average Bonchev–Trinajstić information content (AvgIpc) is 3.03. The van der Waals surface area contributed by atoms with Gasteiger partial charge in [-0.25, -0.2) is 0 Å². The first-order chi connectivity index (χ1) is 12.9. The molecule has 0 bridgehead atoms. The number of amides is 2. The van der Waals surface area contributed by atoms with Crippen LogP contribution in [0.25, 0.3) is 0 Å². The molecule has 2 fully saturated rings. The van der Waals surface area contributed by atoms with E-state index in [1.165, 1.54) is 0 Å². The molecule has 1 spiro atoms. The Kier molecular flexibility index (Phi) is 6.34. The minimum absolute atomic E-state index is 0.166. The summed E-state index contributed by atoms with van der Waals surface area (Å²) in [4.78, 5) is 27.8. The Morgan fingerprint density at radius 2 is 1.96 bits per heavy atom. The highest BCUT2D eigenvalue weighted by Gasteiger charge is 2.53. The molecule has 5 nitrogen and oxygen atoms in total. The molecule has 27 heavy (non-hydrogen) atoms. The number of carbonyl (C=O) groups is 2. The zero-order valence-corrected chi connectivity index (χ0v) is 17.3. The first-order valence-electron chi connectivity index (χ1n) is 9.58. The van der Waals surface area contributed by atoms with Crippen molar-refractivity contribution in [3.8, 4) is 0 Å². The monoisotopic (exact) mass is 412 g/mol. The lowest BCUT2D eigenvalue weighted by molar-refractivity contribution is -0.127. The number of nitrogens with zero attached hydrogens (tertiary/aromatic N) is 1. The van der Waals surface area contributed by atoms with Crippen molar-refractivity contribution in [3.63, 3.8) is 0 Å². The second kappa shape index (κ2) is 8.38. The van der Waals surface area contributed by atoms with Crippen molar-refractivity contribution >= 4 is 35.0 Å². The van der Waals surface area contributed by atoms with Gasteiger partial charge < -0.3 is 10.1 Å². The van der Waals surface area contributed by atoms with Crippen LogP contribution in [0.5, 0.6) is 0 Å². The molecule has 7 heteroatoms. The first-order valence-corrected chi connectivity index (χ1v) is 10.3. The largest absolute Gasteiger partial charge is 0.354 e. The summed E-state index contributed by atoms with van der Waals surface area (Å²) < 4.78 is 6.14. The van der Waals surface area contributed by atoms with Gasteiger partial charge in [-0.1, -0.05) is 37.0 Å². The molecule has 2 amide bonds. The Morgan fingerprint density at radius 3 is 2.59 bits per heavy atom. The van der Waals surface area contributed by atoms with E-state index in [4.69, 9.17) is 27.9 Å². The Balaban J connectivity index is 1.93. The maximum Gasteiger partial charge on any atom is 0.256 e. The molecule has 1 aromatic carbocycles. The predicted molar refractivity (Wildman–Crippen MR) is 106 cm³/mol. The summed E-state index contributed by atoms with van der Waals surface area (Å²) in [5, 5.41) is 3.62. The highest BCUT2D eigenvalue weighted by molar-refractivity contribution is 6.42. The highest BCUT2D eigenvalue weighted by Crippen LogP contribution is 2.43. The fourth-order valence-corrected chi connectivity index (χ4v) is 4.21. The van der Waals surface area contributed by atoms with Crippen molar-refractivity contribution in [2.75, 3.05) is 13.2 Å². The van der Waals surface area contributed by atoms with Crippen molar-refractivity contribution in [2.24, 2.45) is 5.92 Å². The smallest absolute Gasteiger partial charge is 0.256 e. The van der Waals surface area contributed by atoms with E-state index in [2.05, 4.69) is 12.2 Å². The lowest BCUT2D eigenvalue weighted by atomic mass is 9.83. The lowest BCUT2D eigenvalue weighted by Gasteiger charge is -2.43. The maximum absolute atomic E-state index is 13.4. The molecule has 148 valence electrons. The number of carbonyl (C=O) groups excluding carboxylic acids is 2. The van der Waals surface area contributed by atoms with Crippen LogP contribution in [0.1, 0.15) is 56.3 Å². The molecule has 0 unspecified atom stereocenters. The van der Waals surface area contributed by atoms with Crippen LogP contribution in [0.15, 0.2) is 18.2 Å². The molecule has 1 atom stereocenters. The van der Waals surface area contributed by atoms with E-state index < -0.39 is 11.8 Å². The van der Waals surface area contributed by atoms with Gasteiger partial charge in [-0.3, -0.25) is 14.5 Å². The Hall–Kier alpha value is -1.30. The van der Waals surface area contributed by atoms with Crippen LogP contribution in [-0.4, -0.2) is 41.6 Å². The number of ether oxygens (including phenoxy) is 1. The van der Waals surface area contributed by atoms with Crippen LogP contribution in [0.2, 0.25) is 10.0 Å². The van der Waals surface area contributed by atoms with Crippen molar-refractivity contribution in [1.82, 2.24) is 10.2 Å². The van der Waals surface area contributed by atoms with Gasteiger partial charge >= 0.3 is 0 Å². The van der Waals surface area contributed by atoms with Gasteiger partial charge in [0.2, 0.25) is 5.91 Å². The van der Waals surface area contributed by atoms with Crippen molar-refractivity contribution < 1.29 is 14.3 Å². The summed E-state index contributed by atoms with van der Waals surface area (Å²) in [6.07, 6.45) is 4.24. The summed E-state index contributed by atoms with van der Waals surface area (Å²) in [6, 6.07) is 4.18. The van der Waals surface area contributed by atoms with Crippen LogP contribution in [0.4, 0.5) is 0 Å². The van der Waals surface area contributed by atoms with Gasteiger partial charge in [0.15, 0.2) is 0 Å². The van der Waals surface area contributed by atoms with Gasteiger partial charge in [-0.15, -0.1) is 0 Å². The SMILES string of the molecule is CCCNC(=O)[C@@H]1COC2(CCC(C)CC2)N1C(=O)c1ccc(Cl)c(Cl)c1. The van der Waals surface area contributed by atoms with E-state index in [1.54, 1.807) is 23.1 Å². The number of halogens is 2. The molecule has 1 aliphatic heterocycles. The second-order valence-electron chi connectivity index (χ2n) is 7.55. The quantitative estimate of drug-likeness (QED) is 0.802. The lowest BCUT2D eigenvalue weighted by Crippen LogP contribution is -2.56. The highest BCUT2D eigenvalue weighted by atomic mass is 35.5. The fraction of sp³-hybridized carbons (Fsp3) is 0.600. The van der Waals surface area contributed by atoms with Gasteiger partial charge in [0.05, 0.1) is 16.7 Å². The van der Waals surface area contributed by atoms with E-state index in [-0.39, 0.29) is 18.4 Å². The number of rotatable bonds is 4. The summed E-state index contributed by atoms with van der Waals surface area (Å²) in [5.41, 5.74) is -0.301. The molecule has 1 saturated carbocycles. The van der Waals surface area contributed by atoms with Gasteiger partial charge in [0.1, 0.15) is 11.8 Å². The molecule has 3 rings (SSSR count). The van der Waals surface area contributed by atoms with Gasteiger partial charge in [0.25, 0.3) is 5.91 Å². The minimum Gasteiger partial charge on any atom is -0.354 e. The van der Waals surface area contributed by atoms with Crippen molar-refractivity contribution in [1.29, 1.82) is 0 Å². The summed E-state index contributed by atoms with van der Waals surface area (Å²) in [7, 11) is 0. The molecule has 0 radical (unpaired) electrons. The maximum atomic E-state index is 13.4. The molecule has 1 aliphatic carbocycles. The predicted octanol–water partition coefficient (Wildman–Crippen LogP) is 4.27. The number of hydrogen-bond donors (Lipinski definition) is 1. The third-order valence-corrected chi connectivity index (χ3v) is 6.29. The van der Waals surface area contributed by atoms with E-state index in [0.717, 1.165) is 32.1 Å². The molecule has 0 aromatic heterocycles. The summed E-state index contributed by atoms with van der Waals surface area (Å²) in [6.45, 7) is 5.00. The number of nitrogens with one attached hydrogen (secondary N) is 1. The molecule has 2 aliphatic rings. The molecule has 1 heterocycles. The van der Waals surface area contributed by atoms with Crippen LogP contribution < -0.4 is 5.32 Å². The van der Waals surface area contributed by atoms with E-state index >= 15 is 0 Å². The van der Waals surface area contributed by atoms with Crippen LogP contribution in [-0.2, 0) is 9.53 Å². The Morgan fingerprint density at radius 1 is 1.26 bits per heavy atom. The van der Waals surface area contributed by atoms with E-state index in [9.17, 15) is 9.59 Å².